The molecule has 0 spiro atoms. The molecule has 26 heavy (non-hydrogen) atoms. The van der Waals surface area contributed by atoms with E-state index in [9.17, 15) is 9.59 Å². The molecule has 1 aliphatic rings. The Morgan fingerprint density at radius 1 is 1.12 bits per heavy atom. The smallest absolute Gasteiger partial charge is 0.318 e. The van der Waals surface area contributed by atoms with Gasteiger partial charge in [0.25, 0.3) is 0 Å². The summed E-state index contributed by atoms with van der Waals surface area (Å²) >= 11 is 1.67. The van der Waals surface area contributed by atoms with Gasteiger partial charge in [-0.2, -0.15) is 0 Å². The average Bonchev–Trinajstić information content (AvgIpc) is 3.20. The molecule has 5 heteroatoms. The van der Waals surface area contributed by atoms with E-state index in [4.69, 9.17) is 4.84 Å². The second-order valence-corrected chi connectivity index (χ2v) is 7.66. The van der Waals surface area contributed by atoms with Crippen molar-refractivity contribution in [3.63, 3.8) is 0 Å². The van der Waals surface area contributed by atoms with Gasteiger partial charge in [-0.1, -0.05) is 67.6 Å². The first kappa shape index (κ1) is 18.5. The highest BCUT2D eigenvalue weighted by molar-refractivity contribution is 7.13. The zero-order valence-corrected chi connectivity index (χ0v) is 15.8. The standard InChI is InChI=1S/C21H23NO3S/c1-15(23)25-22-19(14-16-6-3-2-4-7-16)21(24)18-11-9-17(10-12-18)20-8-5-13-26-20/h5,8-13,16H,2-4,6-7,14H2,1H3. The van der Waals surface area contributed by atoms with Crippen molar-refractivity contribution in [3.05, 3.63) is 47.3 Å². The van der Waals surface area contributed by atoms with Gasteiger partial charge in [0, 0.05) is 17.4 Å². The highest BCUT2D eigenvalue weighted by Gasteiger charge is 2.22. The molecule has 4 nitrogen and oxygen atoms in total. The number of nitrogens with zero attached hydrogens (tertiary/aromatic N) is 1. The normalized spacial score (nSPS) is 15.7. The third-order valence-corrected chi connectivity index (χ3v) is 5.62. The molecule has 2 aromatic rings. The van der Waals surface area contributed by atoms with Gasteiger partial charge in [-0.15, -0.1) is 11.3 Å². The number of Topliss-reactive ketones (excluding diaryl/α,β-unsaturated/α-hetero) is 1. The summed E-state index contributed by atoms with van der Waals surface area (Å²) < 4.78 is 0. The lowest BCUT2D eigenvalue weighted by Gasteiger charge is -2.21. The number of ketones is 1. The molecule has 0 N–H and O–H groups in total. The third-order valence-electron chi connectivity index (χ3n) is 4.71. The fourth-order valence-electron chi connectivity index (χ4n) is 3.35. The van der Waals surface area contributed by atoms with Crippen molar-refractivity contribution in [2.45, 2.75) is 45.4 Å². The molecular formula is C21H23NO3S. The molecule has 0 saturated heterocycles. The van der Waals surface area contributed by atoms with Crippen LogP contribution in [-0.2, 0) is 9.63 Å². The summed E-state index contributed by atoms with van der Waals surface area (Å²) in [6.45, 7) is 1.29. The summed E-state index contributed by atoms with van der Waals surface area (Å²) in [4.78, 5) is 30.0. The first-order valence-electron chi connectivity index (χ1n) is 9.06. The summed E-state index contributed by atoms with van der Waals surface area (Å²) in [6.07, 6.45) is 6.40. The lowest BCUT2D eigenvalue weighted by atomic mass is 9.84. The van der Waals surface area contributed by atoms with E-state index in [-0.39, 0.29) is 5.78 Å². The van der Waals surface area contributed by atoms with Gasteiger partial charge in [-0.3, -0.25) is 4.79 Å². The van der Waals surface area contributed by atoms with Crippen molar-refractivity contribution in [3.8, 4) is 10.4 Å². The van der Waals surface area contributed by atoms with Crippen molar-refractivity contribution in [2.24, 2.45) is 11.1 Å². The fourth-order valence-corrected chi connectivity index (χ4v) is 4.08. The molecule has 1 saturated carbocycles. The van der Waals surface area contributed by atoms with Gasteiger partial charge in [-0.25, -0.2) is 4.79 Å². The summed E-state index contributed by atoms with van der Waals surface area (Å²) in [5.41, 5.74) is 2.00. The molecule has 3 rings (SSSR count). The molecule has 0 aliphatic heterocycles. The molecule has 1 heterocycles. The van der Waals surface area contributed by atoms with Crippen LogP contribution in [0.3, 0.4) is 0 Å². The molecule has 0 amide bonds. The highest BCUT2D eigenvalue weighted by Crippen LogP contribution is 2.28. The SMILES string of the molecule is CC(=O)ON=C(CC1CCCCC1)C(=O)c1ccc(-c2cccs2)cc1. The van der Waals surface area contributed by atoms with Crippen LogP contribution in [0.15, 0.2) is 46.9 Å². The van der Waals surface area contributed by atoms with E-state index in [1.165, 1.54) is 31.1 Å². The maximum absolute atomic E-state index is 12.9. The Balaban J connectivity index is 1.77. The van der Waals surface area contributed by atoms with Gasteiger partial charge in [-0.05, 0) is 29.3 Å². The summed E-state index contributed by atoms with van der Waals surface area (Å²) in [6, 6.07) is 11.6. The van der Waals surface area contributed by atoms with Crippen molar-refractivity contribution < 1.29 is 14.4 Å². The summed E-state index contributed by atoms with van der Waals surface area (Å²) in [7, 11) is 0. The third kappa shape index (κ3) is 4.88. The fraction of sp³-hybridized carbons (Fsp3) is 0.381. The Kier molecular flexibility index (Phi) is 6.34. The van der Waals surface area contributed by atoms with E-state index in [2.05, 4.69) is 11.2 Å². The van der Waals surface area contributed by atoms with Gasteiger partial charge < -0.3 is 4.84 Å². The highest BCUT2D eigenvalue weighted by atomic mass is 32.1. The van der Waals surface area contributed by atoms with Crippen molar-refractivity contribution >= 4 is 28.8 Å². The molecule has 1 aromatic carbocycles. The van der Waals surface area contributed by atoms with E-state index >= 15 is 0 Å². The number of benzene rings is 1. The number of hydrogen-bond acceptors (Lipinski definition) is 5. The Labute approximate surface area is 157 Å². The quantitative estimate of drug-likeness (QED) is 0.293. The van der Waals surface area contributed by atoms with Gasteiger partial charge in [0.15, 0.2) is 0 Å². The van der Waals surface area contributed by atoms with E-state index < -0.39 is 5.97 Å². The molecule has 0 atom stereocenters. The molecule has 0 radical (unpaired) electrons. The maximum atomic E-state index is 12.9. The van der Waals surface area contributed by atoms with Crippen molar-refractivity contribution in [2.75, 3.05) is 0 Å². The zero-order valence-electron chi connectivity index (χ0n) is 14.9. The number of hydrogen-bond donors (Lipinski definition) is 0. The molecule has 0 unspecified atom stereocenters. The molecule has 1 aromatic heterocycles. The summed E-state index contributed by atoms with van der Waals surface area (Å²) in [5.74, 6) is -0.228. The van der Waals surface area contributed by atoms with Crippen LogP contribution in [0.2, 0.25) is 0 Å². The maximum Gasteiger partial charge on any atom is 0.331 e. The zero-order chi connectivity index (χ0) is 18.4. The van der Waals surface area contributed by atoms with Gasteiger partial charge in [0.05, 0.1) is 0 Å². The Morgan fingerprint density at radius 2 is 1.85 bits per heavy atom. The van der Waals surface area contributed by atoms with Crippen LogP contribution in [0.4, 0.5) is 0 Å². The minimum Gasteiger partial charge on any atom is -0.318 e. The molecule has 0 bridgehead atoms. The number of carbonyl (C=O) groups excluding carboxylic acids is 2. The van der Waals surface area contributed by atoms with E-state index in [1.54, 1.807) is 11.3 Å². The average molecular weight is 369 g/mol. The first-order valence-corrected chi connectivity index (χ1v) is 9.94. The van der Waals surface area contributed by atoms with Crippen molar-refractivity contribution in [1.29, 1.82) is 0 Å². The predicted molar refractivity (Wildman–Crippen MR) is 104 cm³/mol. The Hall–Kier alpha value is -2.27. The van der Waals surface area contributed by atoms with E-state index in [0.717, 1.165) is 18.4 Å². The minimum atomic E-state index is -0.507. The molecule has 136 valence electrons. The molecule has 1 aliphatic carbocycles. The van der Waals surface area contributed by atoms with Crippen molar-refractivity contribution in [1.82, 2.24) is 0 Å². The van der Waals surface area contributed by atoms with E-state index in [0.29, 0.717) is 23.6 Å². The number of oxime groups is 1. The van der Waals surface area contributed by atoms with E-state index in [1.807, 2.05) is 35.7 Å². The second-order valence-electron chi connectivity index (χ2n) is 6.71. The number of carbonyl (C=O) groups is 2. The van der Waals surface area contributed by atoms with Crippen LogP contribution >= 0.6 is 11.3 Å². The van der Waals surface area contributed by atoms with Gasteiger partial charge in [0.1, 0.15) is 5.71 Å². The monoisotopic (exact) mass is 369 g/mol. The predicted octanol–water partition coefficient (Wildman–Crippen LogP) is 5.49. The topological polar surface area (TPSA) is 55.7 Å². The largest absolute Gasteiger partial charge is 0.331 e. The number of rotatable bonds is 6. The molecule has 1 fully saturated rings. The number of thiophene rings is 1. The Morgan fingerprint density at radius 3 is 2.46 bits per heavy atom. The second kappa shape index (κ2) is 8.90. The van der Waals surface area contributed by atoms with Crippen LogP contribution in [0, 0.1) is 5.92 Å². The van der Waals surface area contributed by atoms with Crippen LogP contribution in [0.5, 0.6) is 0 Å². The van der Waals surface area contributed by atoms with Crippen LogP contribution in [-0.4, -0.2) is 17.5 Å². The summed E-state index contributed by atoms with van der Waals surface area (Å²) in [5, 5.41) is 5.92. The molecular weight excluding hydrogens is 346 g/mol. The van der Waals surface area contributed by atoms with Crippen LogP contribution in [0.1, 0.15) is 55.8 Å². The van der Waals surface area contributed by atoms with Crippen LogP contribution < -0.4 is 0 Å². The minimum absolute atomic E-state index is 0.158. The lowest BCUT2D eigenvalue weighted by molar-refractivity contribution is -0.140. The van der Waals surface area contributed by atoms with Crippen LogP contribution in [0.25, 0.3) is 10.4 Å². The Bertz CT molecular complexity index is 772. The van der Waals surface area contributed by atoms with Gasteiger partial charge >= 0.3 is 5.97 Å². The lowest BCUT2D eigenvalue weighted by Crippen LogP contribution is -2.21. The first-order chi connectivity index (χ1) is 12.6. The van der Waals surface area contributed by atoms with Gasteiger partial charge in [0.2, 0.25) is 5.78 Å².